The van der Waals surface area contributed by atoms with E-state index in [1.165, 1.54) is 0 Å². The van der Waals surface area contributed by atoms with E-state index in [0.717, 1.165) is 18.6 Å². The van der Waals surface area contributed by atoms with E-state index >= 15 is 0 Å². The largest absolute Gasteiger partial charge is 0.368 e. The lowest BCUT2D eigenvalue weighted by Crippen LogP contribution is -2.41. The molecule has 1 aliphatic rings. The number of primary amides is 1. The average Bonchev–Trinajstić information content (AvgIpc) is 2.97. The third-order valence-electron chi connectivity index (χ3n) is 2.95. The molecular weight excluding hydrogens is 218 g/mol. The Labute approximate surface area is 98.1 Å². The Bertz CT molecular complexity index is 564. The zero-order chi connectivity index (χ0) is 11.8. The van der Waals surface area contributed by atoms with Gasteiger partial charge in [0.25, 0.3) is 0 Å². The minimum Gasteiger partial charge on any atom is -0.368 e. The van der Waals surface area contributed by atoms with Gasteiger partial charge in [-0.3, -0.25) is 4.79 Å². The van der Waals surface area contributed by atoms with Gasteiger partial charge in [-0.25, -0.2) is 9.97 Å². The third kappa shape index (κ3) is 1.52. The van der Waals surface area contributed by atoms with Gasteiger partial charge >= 0.3 is 0 Å². The molecule has 0 saturated carbocycles. The summed E-state index contributed by atoms with van der Waals surface area (Å²) in [6.45, 7) is 0.743. The van der Waals surface area contributed by atoms with Gasteiger partial charge in [0.1, 0.15) is 6.04 Å². The molecule has 87 valence electrons. The number of carbonyl (C=O) groups excluding carboxylic acids is 1. The summed E-state index contributed by atoms with van der Waals surface area (Å²) in [4.78, 5) is 21.8. The molecule has 3 heterocycles. The number of hydrogen-bond donors (Lipinski definition) is 1. The minimum atomic E-state index is -0.384. The summed E-state index contributed by atoms with van der Waals surface area (Å²) < 4.78 is 1.87. The molecule has 1 radical (unpaired) electrons. The van der Waals surface area contributed by atoms with E-state index in [9.17, 15) is 4.79 Å². The molecule has 0 aliphatic carbocycles. The number of anilines is 1. The van der Waals surface area contributed by atoms with E-state index in [4.69, 9.17) is 5.73 Å². The maximum absolute atomic E-state index is 11.4. The molecule has 17 heavy (non-hydrogen) atoms. The van der Waals surface area contributed by atoms with Crippen molar-refractivity contribution in [3.8, 4) is 0 Å². The van der Waals surface area contributed by atoms with Crippen molar-refractivity contribution in [3.63, 3.8) is 0 Å². The smallest absolute Gasteiger partial charge is 0.240 e. The monoisotopic (exact) mass is 230 g/mol. The number of rotatable bonds is 2. The van der Waals surface area contributed by atoms with Crippen molar-refractivity contribution < 1.29 is 4.79 Å². The number of imidazole rings is 1. The molecule has 2 aromatic rings. The van der Waals surface area contributed by atoms with Crippen molar-refractivity contribution in [2.75, 3.05) is 11.4 Å². The third-order valence-corrected chi connectivity index (χ3v) is 2.95. The molecule has 2 N–H and O–H groups in total. The van der Waals surface area contributed by atoms with Crippen LogP contribution in [-0.2, 0) is 4.79 Å². The lowest BCUT2D eigenvalue weighted by atomic mass is 10.2. The zero-order valence-electron chi connectivity index (χ0n) is 9.15. The van der Waals surface area contributed by atoms with Gasteiger partial charge in [-0.1, -0.05) is 0 Å². The summed E-state index contributed by atoms with van der Waals surface area (Å²) in [5.74, 6) is 0.355. The molecule has 1 unspecified atom stereocenters. The molecule has 1 amide bonds. The minimum absolute atomic E-state index is 0.349. The normalized spacial score (nSPS) is 20.0. The highest BCUT2D eigenvalue weighted by atomic mass is 16.1. The molecule has 6 nitrogen and oxygen atoms in total. The first-order valence-electron chi connectivity index (χ1n) is 5.44. The molecule has 1 atom stereocenters. The first-order chi connectivity index (χ1) is 8.27. The molecule has 0 aromatic carbocycles. The summed E-state index contributed by atoms with van der Waals surface area (Å²) >= 11 is 0. The highest BCUT2D eigenvalue weighted by Gasteiger charge is 2.31. The van der Waals surface area contributed by atoms with Crippen LogP contribution in [0.1, 0.15) is 6.42 Å². The van der Waals surface area contributed by atoms with Crippen LogP contribution in [0.25, 0.3) is 5.65 Å². The van der Waals surface area contributed by atoms with Gasteiger partial charge < -0.3 is 15.0 Å². The van der Waals surface area contributed by atoms with Crippen LogP contribution in [0.3, 0.4) is 0 Å². The first-order valence-corrected chi connectivity index (χ1v) is 5.44. The van der Waals surface area contributed by atoms with Crippen LogP contribution in [0.4, 0.5) is 5.82 Å². The highest BCUT2D eigenvalue weighted by Crippen LogP contribution is 2.25. The lowest BCUT2D eigenvalue weighted by molar-refractivity contribution is -0.118. The zero-order valence-corrected chi connectivity index (χ0v) is 9.15. The van der Waals surface area contributed by atoms with Crippen LogP contribution >= 0.6 is 0 Å². The summed E-state index contributed by atoms with van der Waals surface area (Å²) in [7, 11) is 0. The predicted molar refractivity (Wildman–Crippen MR) is 62.2 cm³/mol. The molecule has 0 bridgehead atoms. The van der Waals surface area contributed by atoms with E-state index in [1.807, 2.05) is 28.1 Å². The molecule has 2 aromatic heterocycles. The second kappa shape index (κ2) is 3.73. The average molecular weight is 230 g/mol. The van der Waals surface area contributed by atoms with Crippen LogP contribution in [0, 0.1) is 6.42 Å². The van der Waals surface area contributed by atoms with Gasteiger partial charge in [-0.15, -0.1) is 0 Å². The van der Waals surface area contributed by atoms with Gasteiger partial charge in [0.2, 0.25) is 5.91 Å². The Morgan fingerprint density at radius 2 is 2.12 bits per heavy atom. The van der Waals surface area contributed by atoms with E-state index < -0.39 is 0 Å². The van der Waals surface area contributed by atoms with E-state index in [1.54, 1.807) is 12.4 Å². The molecule has 1 saturated heterocycles. The number of nitrogens with zero attached hydrogens (tertiary/aromatic N) is 4. The Morgan fingerprint density at radius 1 is 1.35 bits per heavy atom. The van der Waals surface area contributed by atoms with Crippen LogP contribution in [0.2, 0.25) is 0 Å². The highest BCUT2D eigenvalue weighted by molar-refractivity contribution is 5.87. The SMILES string of the molecule is NC(=O)C1[CH]CCN1c1nccn2ccnc12. The van der Waals surface area contributed by atoms with Crippen molar-refractivity contribution in [1.29, 1.82) is 0 Å². The Kier molecular flexibility index (Phi) is 2.21. The van der Waals surface area contributed by atoms with Crippen LogP contribution in [-0.4, -0.2) is 32.9 Å². The quantitative estimate of drug-likeness (QED) is 0.787. The maximum Gasteiger partial charge on any atom is 0.240 e. The lowest BCUT2D eigenvalue weighted by Gasteiger charge is -2.23. The summed E-state index contributed by atoms with van der Waals surface area (Å²) in [5, 5.41) is 0. The standard InChI is InChI=1S/C11H12N5O/c12-9(17)8-2-1-5-16(8)11-10-13-3-6-15(10)7-4-14-11/h2-4,6-8H,1,5H2,(H2,12,17). The van der Waals surface area contributed by atoms with Gasteiger partial charge in [0.15, 0.2) is 11.5 Å². The molecule has 6 heteroatoms. The second-order valence-corrected chi connectivity index (χ2v) is 3.97. The second-order valence-electron chi connectivity index (χ2n) is 3.97. The van der Waals surface area contributed by atoms with Gasteiger partial charge in [0.05, 0.1) is 0 Å². The molecule has 3 rings (SSSR count). The topological polar surface area (TPSA) is 76.5 Å². The summed E-state index contributed by atoms with van der Waals surface area (Å²) in [6.07, 6.45) is 9.82. The number of amides is 1. The molecule has 1 aliphatic heterocycles. The maximum atomic E-state index is 11.4. The summed E-state index contributed by atoms with van der Waals surface area (Å²) in [5.41, 5.74) is 6.12. The number of hydrogen-bond acceptors (Lipinski definition) is 4. The van der Waals surface area contributed by atoms with Gasteiger partial charge in [-0.2, -0.15) is 0 Å². The van der Waals surface area contributed by atoms with Crippen molar-refractivity contribution in [2.45, 2.75) is 12.5 Å². The predicted octanol–water partition coefficient (Wildman–Crippen LogP) is -0.00241. The Morgan fingerprint density at radius 3 is 2.88 bits per heavy atom. The number of carbonyl (C=O) groups is 1. The number of nitrogens with two attached hydrogens (primary N) is 1. The van der Waals surface area contributed by atoms with E-state index in [0.29, 0.717) is 5.82 Å². The molecule has 0 spiro atoms. The first kappa shape index (κ1) is 10.1. The Balaban J connectivity index is 2.08. The fourth-order valence-electron chi connectivity index (χ4n) is 2.19. The van der Waals surface area contributed by atoms with Crippen molar-refractivity contribution >= 4 is 17.4 Å². The van der Waals surface area contributed by atoms with E-state index in [2.05, 4.69) is 9.97 Å². The van der Waals surface area contributed by atoms with Gasteiger partial charge in [-0.05, 0) is 12.8 Å². The fourth-order valence-corrected chi connectivity index (χ4v) is 2.19. The Hall–Kier alpha value is -2.11. The van der Waals surface area contributed by atoms with Crippen molar-refractivity contribution in [2.24, 2.45) is 5.73 Å². The fraction of sp³-hybridized carbons (Fsp3) is 0.273. The van der Waals surface area contributed by atoms with Crippen LogP contribution in [0.5, 0.6) is 0 Å². The van der Waals surface area contributed by atoms with Crippen molar-refractivity contribution in [3.05, 3.63) is 31.2 Å². The number of fused-ring (bicyclic) bond motifs is 1. The molecule has 1 fully saturated rings. The molecular formula is C11H12N5O. The van der Waals surface area contributed by atoms with Crippen LogP contribution < -0.4 is 10.6 Å². The summed E-state index contributed by atoms with van der Waals surface area (Å²) in [6, 6.07) is -0.384. The van der Waals surface area contributed by atoms with E-state index in [-0.39, 0.29) is 11.9 Å². The number of aromatic nitrogens is 3. The van der Waals surface area contributed by atoms with Gasteiger partial charge in [0, 0.05) is 31.3 Å². The van der Waals surface area contributed by atoms with Crippen LogP contribution in [0.15, 0.2) is 24.8 Å². The van der Waals surface area contributed by atoms with Crippen molar-refractivity contribution in [1.82, 2.24) is 14.4 Å².